The molecule has 4 heteroatoms. The third-order valence-electron chi connectivity index (χ3n) is 1.63. The van der Waals surface area contributed by atoms with E-state index in [1.54, 1.807) is 0 Å². The van der Waals surface area contributed by atoms with Crippen LogP contribution < -0.4 is 0 Å². The van der Waals surface area contributed by atoms with E-state index < -0.39 is 23.5 Å². The van der Waals surface area contributed by atoms with E-state index in [2.05, 4.69) is 0 Å². The number of aromatic hydroxyl groups is 1. The fourth-order valence-corrected chi connectivity index (χ4v) is 1.06. The van der Waals surface area contributed by atoms with Crippen molar-refractivity contribution in [2.75, 3.05) is 0 Å². The zero-order chi connectivity index (χ0) is 10.0. The average molecular weight is 188 g/mol. The first-order chi connectivity index (χ1) is 6.00. The molecule has 0 saturated carbocycles. The van der Waals surface area contributed by atoms with Crippen LogP contribution in [0.4, 0.5) is 8.78 Å². The van der Waals surface area contributed by atoms with Gasteiger partial charge in [0.25, 0.3) is 0 Å². The van der Waals surface area contributed by atoms with Crippen LogP contribution in [0.15, 0.2) is 12.1 Å². The summed E-state index contributed by atoms with van der Waals surface area (Å²) in [6.07, 6.45) is -0.668. The van der Waals surface area contributed by atoms with Gasteiger partial charge < -0.3 is 10.2 Å². The fourth-order valence-electron chi connectivity index (χ4n) is 1.06. The molecule has 1 unspecified atom stereocenters. The Hall–Kier alpha value is -1.16. The number of aliphatic hydroxyl groups is 1. The van der Waals surface area contributed by atoms with Gasteiger partial charge >= 0.3 is 0 Å². The number of halogens is 2. The van der Waals surface area contributed by atoms with E-state index in [0.717, 1.165) is 6.07 Å². The second-order valence-electron chi connectivity index (χ2n) is 2.95. The Morgan fingerprint density at radius 3 is 2.46 bits per heavy atom. The smallest absolute Gasteiger partial charge is 0.167 e. The van der Waals surface area contributed by atoms with Crippen LogP contribution in [-0.4, -0.2) is 16.3 Å². The first-order valence-electron chi connectivity index (χ1n) is 3.85. The highest BCUT2D eigenvalue weighted by molar-refractivity contribution is 5.30. The third kappa shape index (κ3) is 2.39. The van der Waals surface area contributed by atoms with E-state index in [0.29, 0.717) is 6.07 Å². The molecule has 0 radical (unpaired) electrons. The summed E-state index contributed by atoms with van der Waals surface area (Å²) < 4.78 is 25.5. The number of rotatable bonds is 2. The van der Waals surface area contributed by atoms with Crippen molar-refractivity contribution < 1.29 is 19.0 Å². The summed E-state index contributed by atoms with van der Waals surface area (Å²) in [4.78, 5) is 0. The molecule has 0 spiro atoms. The molecule has 2 nitrogen and oxygen atoms in total. The molecule has 0 bridgehead atoms. The maximum absolute atomic E-state index is 12.9. The summed E-state index contributed by atoms with van der Waals surface area (Å²) in [6, 6.07) is 1.59. The molecular formula is C9H10F2O2. The van der Waals surface area contributed by atoms with Gasteiger partial charge in [-0.15, -0.1) is 0 Å². The van der Waals surface area contributed by atoms with E-state index in [4.69, 9.17) is 10.2 Å². The molecule has 72 valence electrons. The zero-order valence-corrected chi connectivity index (χ0v) is 7.09. The van der Waals surface area contributed by atoms with Gasteiger partial charge in [-0.3, -0.25) is 0 Å². The zero-order valence-electron chi connectivity index (χ0n) is 7.09. The molecule has 0 aromatic heterocycles. The van der Waals surface area contributed by atoms with Crippen LogP contribution in [0.25, 0.3) is 0 Å². The quantitative estimate of drug-likeness (QED) is 0.739. The number of aliphatic hydroxyl groups excluding tert-OH is 1. The van der Waals surface area contributed by atoms with Crippen molar-refractivity contribution in [3.8, 4) is 5.75 Å². The lowest BCUT2D eigenvalue weighted by atomic mass is 10.1. The van der Waals surface area contributed by atoms with Crippen molar-refractivity contribution in [3.05, 3.63) is 29.3 Å². The van der Waals surface area contributed by atoms with Crippen molar-refractivity contribution in [2.24, 2.45) is 0 Å². The average Bonchev–Trinajstić information content (AvgIpc) is 1.99. The Labute approximate surface area is 74.4 Å². The van der Waals surface area contributed by atoms with E-state index in [1.807, 2.05) is 0 Å². The first kappa shape index (κ1) is 9.92. The lowest BCUT2D eigenvalue weighted by molar-refractivity contribution is 0.194. The maximum Gasteiger partial charge on any atom is 0.167 e. The highest BCUT2D eigenvalue weighted by atomic mass is 19.1. The normalized spacial score (nSPS) is 12.9. The molecule has 0 saturated heterocycles. The van der Waals surface area contributed by atoms with Gasteiger partial charge in [-0.1, -0.05) is 0 Å². The maximum atomic E-state index is 12.9. The molecule has 1 rings (SSSR count). The summed E-state index contributed by atoms with van der Waals surface area (Å²) in [5, 5.41) is 17.9. The summed E-state index contributed by atoms with van der Waals surface area (Å²) in [5.41, 5.74) is 0.105. The number of hydrogen-bond donors (Lipinski definition) is 2. The molecule has 0 amide bonds. The van der Waals surface area contributed by atoms with Gasteiger partial charge in [0, 0.05) is 12.5 Å². The van der Waals surface area contributed by atoms with E-state index in [1.165, 1.54) is 6.92 Å². The predicted octanol–water partition coefficient (Wildman–Crippen LogP) is 1.59. The Bertz CT molecular complexity index is 311. The van der Waals surface area contributed by atoms with Gasteiger partial charge in [0.1, 0.15) is 5.82 Å². The largest absolute Gasteiger partial charge is 0.505 e. The Balaban J connectivity index is 3.01. The molecule has 1 atom stereocenters. The minimum Gasteiger partial charge on any atom is -0.505 e. The van der Waals surface area contributed by atoms with Crippen LogP contribution in [0.3, 0.4) is 0 Å². The topological polar surface area (TPSA) is 40.5 Å². The molecule has 2 N–H and O–H groups in total. The van der Waals surface area contributed by atoms with E-state index in [9.17, 15) is 8.78 Å². The highest BCUT2D eigenvalue weighted by Crippen LogP contribution is 2.21. The van der Waals surface area contributed by atoms with Crippen molar-refractivity contribution in [1.29, 1.82) is 0 Å². The summed E-state index contributed by atoms with van der Waals surface area (Å²) in [7, 11) is 0. The second kappa shape index (κ2) is 3.70. The van der Waals surface area contributed by atoms with Gasteiger partial charge in [-0.05, 0) is 18.6 Å². The van der Waals surface area contributed by atoms with E-state index >= 15 is 0 Å². The van der Waals surface area contributed by atoms with Gasteiger partial charge in [-0.25, -0.2) is 8.78 Å². The first-order valence-corrected chi connectivity index (χ1v) is 3.85. The highest BCUT2D eigenvalue weighted by Gasteiger charge is 2.10. The van der Waals surface area contributed by atoms with Crippen LogP contribution >= 0.6 is 0 Å². The van der Waals surface area contributed by atoms with Crippen molar-refractivity contribution in [2.45, 2.75) is 19.4 Å². The predicted molar refractivity (Wildman–Crippen MR) is 43.4 cm³/mol. The molecular weight excluding hydrogens is 178 g/mol. The Morgan fingerprint density at radius 1 is 1.31 bits per heavy atom. The molecule has 0 aliphatic carbocycles. The Kier molecular flexibility index (Phi) is 2.83. The number of benzene rings is 1. The Morgan fingerprint density at radius 2 is 1.92 bits per heavy atom. The number of hydrogen-bond acceptors (Lipinski definition) is 2. The molecule has 0 aliphatic rings. The van der Waals surface area contributed by atoms with Gasteiger partial charge in [-0.2, -0.15) is 0 Å². The lowest BCUT2D eigenvalue weighted by Gasteiger charge is -2.06. The number of phenolic OH excluding ortho intramolecular Hbond substituents is 1. The van der Waals surface area contributed by atoms with Crippen molar-refractivity contribution in [1.82, 2.24) is 0 Å². The van der Waals surface area contributed by atoms with Gasteiger partial charge in [0.2, 0.25) is 0 Å². The number of phenols is 1. The van der Waals surface area contributed by atoms with Crippen molar-refractivity contribution in [3.63, 3.8) is 0 Å². The van der Waals surface area contributed by atoms with Crippen LogP contribution in [0.5, 0.6) is 5.75 Å². The molecule has 0 aliphatic heterocycles. The van der Waals surface area contributed by atoms with Crippen LogP contribution in [0.2, 0.25) is 0 Å². The lowest BCUT2D eigenvalue weighted by Crippen LogP contribution is -2.06. The molecule has 1 aromatic carbocycles. The fraction of sp³-hybridized carbons (Fsp3) is 0.333. The van der Waals surface area contributed by atoms with Crippen LogP contribution in [0, 0.1) is 11.6 Å². The van der Waals surface area contributed by atoms with Crippen molar-refractivity contribution >= 4 is 0 Å². The molecule has 0 fully saturated rings. The van der Waals surface area contributed by atoms with Crippen LogP contribution in [0.1, 0.15) is 12.5 Å². The van der Waals surface area contributed by atoms with Gasteiger partial charge in [0.15, 0.2) is 11.6 Å². The second-order valence-corrected chi connectivity index (χ2v) is 2.95. The van der Waals surface area contributed by atoms with E-state index in [-0.39, 0.29) is 12.0 Å². The SMILES string of the molecule is CC(O)Cc1cc(O)c(F)cc1F. The molecule has 1 aromatic rings. The third-order valence-corrected chi connectivity index (χ3v) is 1.63. The molecule has 13 heavy (non-hydrogen) atoms. The minimum absolute atomic E-state index is 0.0552. The summed E-state index contributed by atoms with van der Waals surface area (Å²) in [6.45, 7) is 1.49. The summed E-state index contributed by atoms with van der Waals surface area (Å²) in [5.74, 6) is -2.35. The van der Waals surface area contributed by atoms with Crippen LogP contribution in [-0.2, 0) is 6.42 Å². The van der Waals surface area contributed by atoms with Gasteiger partial charge in [0.05, 0.1) is 6.10 Å². The molecule has 0 heterocycles. The monoisotopic (exact) mass is 188 g/mol. The standard InChI is InChI=1S/C9H10F2O2/c1-5(12)2-6-3-9(13)8(11)4-7(6)10/h3-5,12-13H,2H2,1H3. The minimum atomic E-state index is -0.994. The summed E-state index contributed by atoms with van der Waals surface area (Å²) >= 11 is 0.